The third-order valence-electron chi connectivity index (χ3n) is 4.23. The maximum absolute atomic E-state index is 12.5. The Bertz CT molecular complexity index is 1270. The molecule has 29 heavy (non-hydrogen) atoms. The number of rotatable bonds is 6. The molecule has 0 saturated carbocycles. The largest absolute Gasteiger partial charge is 0.493 e. The molecule has 0 aliphatic heterocycles. The van der Waals surface area contributed by atoms with Crippen LogP contribution in [0.1, 0.15) is 18.2 Å². The molecule has 4 aromatic rings. The fraction of sp³-hybridized carbons (Fsp3) is 0.136. The van der Waals surface area contributed by atoms with Gasteiger partial charge in [0.25, 0.3) is 5.56 Å². The summed E-state index contributed by atoms with van der Waals surface area (Å²) in [4.78, 5) is 29.6. The topological polar surface area (TPSA) is 69.9 Å². The van der Waals surface area contributed by atoms with Crippen LogP contribution in [0.15, 0.2) is 65.5 Å². The Morgan fingerprint density at radius 1 is 1.17 bits per heavy atom. The van der Waals surface area contributed by atoms with E-state index in [1.807, 2.05) is 55.5 Å². The average Bonchev–Trinajstić information content (AvgIpc) is 3.10. The van der Waals surface area contributed by atoms with Crippen LogP contribution in [0, 0.1) is 0 Å². The van der Waals surface area contributed by atoms with Gasteiger partial charge in [-0.3, -0.25) is 9.20 Å². The van der Waals surface area contributed by atoms with Crippen molar-refractivity contribution in [3.05, 3.63) is 82.3 Å². The molecule has 0 fully saturated rings. The Morgan fingerprint density at radius 2 is 1.97 bits per heavy atom. The van der Waals surface area contributed by atoms with Crippen LogP contribution in [0.5, 0.6) is 5.75 Å². The zero-order chi connectivity index (χ0) is 20.2. The standard InChI is InChI=1S/C22H18N2O4S/c1-2-27-18-9-5-3-7-15(18)11-12-21(26)28-14-16-13-20(25)24-17-8-4-6-10-19(17)29-22(24)23-16/h3-13H,2,14H2,1H3/b12-11+. The number of thiazole rings is 1. The number of hydrogen-bond acceptors (Lipinski definition) is 6. The first-order chi connectivity index (χ1) is 14.2. The number of ether oxygens (including phenoxy) is 2. The number of para-hydroxylation sites is 2. The van der Waals surface area contributed by atoms with E-state index in [1.165, 1.54) is 23.5 Å². The van der Waals surface area contributed by atoms with Crippen LogP contribution >= 0.6 is 11.3 Å². The highest BCUT2D eigenvalue weighted by Crippen LogP contribution is 2.23. The van der Waals surface area contributed by atoms with Crippen molar-refractivity contribution < 1.29 is 14.3 Å². The molecule has 0 bridgehead atoms. The van der Waals surface area contributed by atoms with Gasteiger partial charge in [-0.2, -0.15) is 0 Å². The smallest absolute Gasteiger partial charge is 0.331 e. The first kappa shape index (κ1) is 18.9. The second kappa shape index (κ2) is 8.28. The van der Waals surface area contributed by atoms with Crippen molar-refractivity contribution in [1.29, 1.82) is 0 Å². The minimum atomic E-state index is -0.519. The molecule has 4 rings (SSSR count). The summed E-state index contributed by atoms with van der Waals surface area (Å²) in [6.45, 7) is 2.37. The minimum absolute atomic E-state index is 0.0731. The third kappa shape index (κ3) is 4.05. The van der Waals surface area contributed by atoms with Crippen LogP contribution in [0.4, 0.5) is 0 Å². The number of hydrogen-bond donors (Lipinski definition) is 0. The molecular weight excluding hydrogens is 388 g/mol. The van der Waals surface area contributed by atoms with Gasteiger partial charge in [0, 0.05) is 17.7 Å². The molecule has 0 radical (unpaired) electrons. The van der Waals surface area contributed by atoms with Gasteiger partial charge in [0.05, 0.1) is 22.5 Å². The molecular formula is C22H18N2O4S. The van der Waals surface area contributed by atoms with E-state index in [9.17, 15) is 9.59 Å². The SMILES string of the molecule is CCOc1ccccc1/C=C/C(=O)OCc1cc(=O)n2c(n1)sc1ccccc12. The number of carbonyl (C=O) groups is 1. The van der Waals surface area contributed by atoms with Crippen LogP contribution in [-0.4, -0.2) is 22.0 Å². The lowest BCUT2D eigenvalue weighted by molar-refractivity contribution is -0.139. The second-order valence-electron chi connectivity index (χ2n) is 6.19. The van der Waals surface area contributed by atoms with Gasteiger partial charge in [0.1, 0.15) is 12.4 Å². The van der Waals surface area contributed by atoms with Crippen molar-refractivity contribution in [2.45, 2.75) is 13.5 Å². The number of fused-ring (bicyclic) bond motifs is 3. The third-order valence-corrected chi connectivity index (χ3v) is 5.25. The van der Waals surface area contributed by atoms with E-state index in [0.717, 1.165) is 15.8 Å². The van der Waals surface area contributed by atoms with E-state index >= 15 is 0 Å². The molecule has 0 N–H and O–H groups in total. The fourth-order valence-corrected chi connectivity index (χ4v) is 4.00. The Morgan fingerprint density at radius 3 is 2.83 bits per heavy atom. The first-order valence-electron chi connectivity index (χ1n) is 9.12. The lowest BCUT2D eigenvalue weighted by Crippen LogP contribution is -2.15. The van der Waals surface area contributed by atoms with E-state index in [2.05, 4.69) is 4.98 Å². The molecule has 0 aliphatic carbocycles. The summed E-state index contributed by atoms with van der Waals surface area (Å²) < 4.78 is 13.3. The van der Waals surface area contributed by atoms with Crippen molar-refractivity contribution in [1.82, 2.24) is 9.38 Å². The number of esters is 1. The normalized spacial score (nSPS) is 11.3. The molecule has 0 atom stereocenters. The summed E-state index contributed by atoms with van der Waals surface area (Å²) in [5.41, 5.74) is 1.83. The summed E-state index contributed by atoms with van der Waals surface area (Å²) >= 11 is 1.42. The van der Waals surface area contributed by atoms with E-state index in [1.54, 1.807) is 10.5 Å². The van der Waals surface area contributed by atoms with Gasteiger partial charge in [-0.15, -0.1) is 0 Å². The first-order valence-corrected chi connectivity index (χ1v) is 9.94. The van der Waals surface area contributed by atoms with E-state index in [4.69, 9.17) is 9.47 Å². The number of aromatic nitrogens is 2. The molecule has 0 amide bonds. The van der Waals surface area contributed by atoms with E-state index in [0.29, 0.717) is 23.0 Å². The Hall–Kier alpha value is -3.45. The molecule has 0 spiro atoms. The summed E-state index contributed by atoms with van der Waals surface area (Å²) in [7, 11) is 0. The van der Waals surface area contributed by atoms with E-state index in [-0.39, 0.29) is 12.2 Å². The minimum Gasteiger partial charge on any atom is -0.493 e. The molecule has 2 aromatic heterocycles. The van der Waals surface area contributed by atoms with Gasteiger partial charge in [-0.05, 0) is 31.2 Å². The fourth-order valence-electron chi connectivity index (χ4n) is 2.95. The summed E-state index contributed by atoms with van der Waals surface area (Å²) in [6, 6.07) is 16.5. The maximum atomic E-state index is 12.5. The number of benzene rings is 2. The van der Waals surface area contributed by atoms with E-state index < -0.39 is 5.97 Å². The number of nitrogens with zero attached hydrogens (tertiary/aromatic N) is 2. The highest BCUT2D eigenvalue weighted by atomic mass is 32.1. The predicted octanol–water partition coefficient (Wildman–Crippen LogP) is 4.06. The van der Waals surface area contributed by atoms with Crippen molar-refractivity contribution in [3.8, 4) is 5.75 Å². The van der Waals surface area contributed by atoms with Crippen molar-refractivity contribution in [2.75, 3.05) is 6.61 Å². The van der Waals surface area contributed by atoms with Crippen LogP contribution in [0.3, 0.4) is 0 Å². The monoisotopic (exact) mass is 406 g/mol. The quantitative estimate of drug-likeness (QED) is 0.357. The Balaban J connectivity index is 1.49. The Kier molecular flexibility index (Phi) is 5.39. The van der Waals surface area contributed by atoms with Gasteiger partial charge < -0.3 is 9.47 Å². The van der Waals surface area contributed by atoms with Gasteiger partial charge in [0.15, 0.2) is 4.96 Å². The lowest BCUT2D eigenvalue weighted by atomic mass is 10.2. The van der Waals surface area contributed by atoms with Gasteiger partial charge in [-0.25, -0.2) is 9.78 Å². The summed E-state index contributed by atoms with van der Waals surface area (Å²) in [6.07, 6.45) is 2.98. The van der Waals surface area contributed by atoms with Crippen molar-refractivity contribution in [3.63, 3.8) is 0 Å². The van der Waals surface area contributed by atoms with Gasteiger partial charge >= 0.3 is 5.97 Å². The lowest BCUT2D eigenvalue weighted by Gasteiger charge is -2.06. The molecule has 6 nitrogen and oxygen atoms in total. The highest BCUT2D eigenvalue weighted by molar-refractivity contribution is 7.23. The molecule has 0 unspecified atom stereocenters. The van der Waals surface area contributed by atoms with Crippen molar-refractivity contribution in [2.24, 2.45) is 0 Å². The molecule has 7 heteroatoms. The van der Waals surface area contributed by atoms with Crippen LogP contribution in [-0.2, 0) is 16.1 Å². The Labute approximate surface area is 170 Å². The van der Waals surface area contributed by atoms with Gasteiger partial charge in [0.2, 0.25) is 0 Å². The molecule has 0 saturated heterocycles. The van der Waals surface area contributed by atoms with Crippen LogP contribution < -0.4 is 10.3 Å². The van der Waals surface area contributed by atoms with Gasteiger partial charge in [-0.1, -0.05) is 41.7 Å². The van der Waals surface area contributed by atoms with Crippen molar-refractivity contribution >= 4 is 38.6 Å². The second-order valence-corrected chi connectivity index (χ2v) is 7.19. The molecule has 146 valence electrons. The average molecular weight is 406 g/mol. The van der Waals surface area contributed by atoms with Crippen LogP contribution in [0.2, 0.25) is 0 Å². The maximum Gasteiger partial charge on any atom is 0.331 e. The molecule has 2 heterocycles. The molecule has 0 aliphatic rings. The zero-order valence-corrected chi connectivity index (χ0v) is 16.5. The zero-order valence-electron chi connectivity index (χ0n) is 15.7. The van der Waals surface area contributed by atoms with Crippen LogP contribution in [0.25, 0.3) is 21.3 Å². The summed E-state index contributed by atoms with van der Waals surface area (Å²) in [5.74, 6) is 0.179. The summed E-state index contributed by atoms with van der Waals surface area (Å²) in [5, 5.41) is 0. The number of carbonyl (C=O) groups excluding carboxylic acids is 1. The molecule has 2 aromatic carbocycles. The predicted molar refractivity (Wildman–Crippen MR) is 113 cm³/mol. The highest BCUT2D eigenvalue weighted by Gasteiger charge is 2.10.